The van der Waals surface area contributed by atoms with Gasteiger partial charge in [0, 0.05) is 12.1 Å². The Morgan fingerprint density at radius 3 is 1.62 bits per heavy atom. The van der Waals surface area contributed by atoms with E-state index in [1.54, 1.807) is 0 Å². The number of nitrogens with zero attached hydrogens (tertiary/aromatic N) is 1. The first-order valence-electron chi connectivity index (χ1n) is 6.93. The molecule has 2 aromatic carbocycles. The molecular weight excluding hydrogens is 294 g/mol. The molecule has 2 aromatic rings. The first kappa shape index (κ1) is 20.1. The van der Waals surface area contributed by atoms with Gasteiger partial charge in [0.2, 0.25) is 0 Å². The highest BCUT2D eigenvalue weighted by molar-refractivity contribution is 7.59. The van der Waals surface area contributed by atoms with Crippen molar-refractivity contribution in [3.63, 3.8) is 0 Å². The molecule has 0 fully saturated rings. The van der Waals surface area contributed by atoms with Crippen molar-refractivity contribution in [3.8, 4) is 0 Å². The minimum atomic E-state index is 0. The summed E-state index contributed by atoms with van der Waals surface area (Å²) in [6.07, 6.45) is 0. The van der Waals surface area contributed by atoms with Gasteiger partial charge in [0.05, 0.1) is 0 Å². The van der Waals surface area contributed by atoms with E-state index >= 15 is 0 Å². The molecule has 0 N–H and O–H groups in total. The highest BCUT2D eigenvalue weighted by atomic mass is 32.1. The van der Waals surface area contributed by atoms with Crippen molar-refractivity contribution in [2.24, 2.45) is 0 Å². The third-order valence-corrected chi connectivity index (χ3v) is 4.06. The van der Waals surface area contributed by atoms with Gasteiger partial charge in [0.25, 0.3) is 0 Å². The number of rotatable bonds is 4. The molecule has 0 aromatic heterocycles. The number of benzene rings is 2. The molecule has 0 bridgehead atoms. The molecule has 0 aliphatic heterocycles. The van der Waals surface area contributed by atoms with E-state index in [0.29, 0.717) is 12.1 Å². The smallest absolute Gasteiger partial charge is 0.0322 e. The average molecular weight is 322 g/mol. The summed E-state index contributed by atoms with van der Waals surface area (Å²) < 4.78 is 0. The lowest BCUT2D eigenvalue weighted by molar-refractivity contribution is 0.199. The lowest BCUT2D eigenvalue weighted by Crippen LogP contribution is -2.25. The maximum absolute atomic E-state index is 2.42. The molecule has 2 rings (SSSR count). The summed E-state index contributed by atoms with van der Waals surface area (Å²) in [6.45, 7) is 6.66. The second-order valence-electron chi connectivity index (χ2n) is 5.34. The third kappa shape index (κ3) is 5.10. The van der Waals surface area contributed by atoms with Gasteiger partial charge in [-0.2, -0.15) is 27.0 Å². The SMILES string of the molecule is Cc1ccc([C@H](C)N(C)[C@@H](C)c2ccccc2)cc1.S.S. The molecule has 21 heavy (non-hydrogen) atoms. The predicted molar refractivity (Wildman–Crippen MR) is 103 cm³/mol. The fraction of sp³-hybridized carbons (Fsp3) is 0.333. The van der Waals surface area contributed by atoms with E-state index in [4.69, 9.17) is 0 Å². The Morgan fingerprint density at radius 2 is 1.14 bits per heavy atom. The van der Waals surface area contributed by atoms with Crippen LogP contribution in [-0.4, -0.2) is 11.9 Å². The summed E-state index contributed by atoms with van der Waals surface area (Å²) in [4.78, 5) is 2.42. The largest absolute Gasteiger partial charge is 0.293 e. The van der Waals surface area contributed by atoms with E-state index < -0.39 is 0 Å². The van der Waals surface area contributed by atoms with Gasteiger partial charge in [-0.3, -0.25) is 4.90 Å². The fourth-order valence-corrected chi connectivity index (χ4v) is 2.38. The molecule has 0 saturated carbocycles. The quantitative estimate of drug-likeness (QED) is 0.768. The van der Waals surface area contributed by atoms with Crippen LogP contribution in [0.2, 0.25) is 0 Å². The summed E-state index contributed by atoms with van der Waals surface area (Å²) in [7, 11) is 2.20. The molecule has 0 amide bonds. The molecule has 0 unspecified atom stereocenters. The minimum absolute atomic E-state index is 0. The van der Waals surface area contributed by atoms with Crippen LogP contribution in [0, 0.1) is 6.92 Å². The monoisotopic (exact) mass is 321 g/mol. The Balaban J connectivity index is 0.00000200. The van der Waals surface area contributed by atoms with Crippen molar-refractivity contribution in [1.29, 1.82) is 0 Å². The molecular formula is C18H27NS2. The number of hydrogen-bond acceptors (Lipinski definition) is 1. The van der Waals surface area contributed by atoms with Crippen molar-refractivity contribution < 1.29 is 0 Å². The number of aryl methyl sites for hydroxylation is 1. The number of hydrogen-bond donors (Lipinski definition) is 0. The van der Waals surface area contributed by atoms with Crippen molar-refractivity contribution in [3.05, 3.63) is 71.3 Å². The Morgan fingerprint density at radius 1 is 0.714 bits per heavy atom. The van der Waals surface area contributed by atoms with Crippen LogP contribution in [-0.2, 0) is 0 Å². The van der Waals surface area contributed by atoms with E-state index in [9.17, 15) is 0 Å². The van der Waals surface area contributed by atoms with Gasteiger partial charge in [0.1, 0.15) is 0 Å². The van der Waals surface area contributed by atoms with Gasteiger partial charge in [-0.25, -0.2) is 0 Å². The van der Waals surface area contributed by atoms with Crippen LogP contribution >= 0.6 is 27.0 Å². The van der Waals surface area contributed by atoms with Crippen LogP contribution in [0.15, 0.2) is 54.6 Å². The summed E-state index contributed by atoms with van der Waals surface area (Å²) in [6, 6.07) is 20.3. The lowest BCUT2D eigenvalue weighted by atomic mass is 10.0. The molecule has 116 valence electrons. The zero-order valence-electron chi connectivity index (χ0n) is 13.3. The summed E-state index contributed by atoms with van der Waals surface area (Å²) in [5.41, 5.74) is 4.05. The van der Waals surface area contributed by atoms with Crippen molar-refractivity contribution >= 4 is 27.0 Å². The second-order valence-corrected chi connectivity index (χ2v) is 5.34. The molecule has 0 radical (unpaired) electrons. The molecule has 3 heteroatoms. The van der Waals surface area contributed by atoms with Crippen LogP contribution in [0.3, 0.4) is 0 Å². The van der Waals surface area contributed by atoms with Crippen LogP contribution in [0.5, 0.6) is 0 Å². The highest BCUT2D eigenvalue weighted by Gasteiger charge is 2.18. The maximum atomic E-state index is 2.42. The van der Waals surface area contributed by atoms with Gasteiger partial charge in [-0.1, -0.05) is 60.2 Å². The normalized spacial score (nSPS) is 13.0. The van der Waals surface area contributed by atoms with E-state index in [-0.39, 0.29) is 27.0 Å². The van der Waals surface area contributed by atoms with Gasteiger partial charge < -0.3 is 0 Å². The van der Waals surface area contributed by atoms with E-state index in [1.165, 1.54) is 16.7 Å². The van der Waals surface area contributed by atoms with Gasteiger partial charge >= 0.3 is 0 Å². The second kappa shape index (κ2) is 9.19. The van der Waals surface area contributed by atoms with Crippen molar-refractivity contribution in [2.45, 2.75) is 32.9 Å². The summed E-state index contributed by atoms with van der Waals surface area (Å²) in [5.74, 6) is 0. The van der Waals surface area contributed by atoms with E-state index in [0.717, 1.165) is 0 Å². The Hall–Kier alpha value is -0.900. The standard InChI is InChI=1S/C18H23N.2H2S/c1-14-10-12-18(13-11-14)16(3)19(4)15(2)17-8-6-5-7-9-17;;/h5-13,15-16H,1-4H3;2*1H2/t15-,16-;;/m0../s1. The van der Waals surface area contributed by atoms with Crippen molar-refractivity contribution in [2.75, 3.05) is 7.05 Å². The highest BCUT2D eigenvalue weighted by Crippen LogP contribution is 2.28. The Labute approximate surface area is 143 Å². The van der Waals surface area contributed by atoms with E-state index in [2.05, 4.69) is 87.3 Å². The average Bonchev–Trinajstić information content (AvgIpc) is 2.46. The molecule has 0 saturated heterocycles. The summed E-state index contributed by atoms with van der Waals surface area (Å²) >= 11 is 0. The van der Waals surface area contributed by atoms with Crippen LogP contribution in [0.1, 0.15) is 42.6 Å². The molecule has 0 aliphatic carbocycles. The first-order valence-corrected chi connectivity index (χ1v) is 6.93. The molecule has 1 nitrogen and oxygen atoms in total. The molecule has 2 atom stereocenters. The maximum Gasteiger partial charge on any atom is 0.0322 e. The third-order valence-electron chi connectivity index (χ3n) is 4.06. The first-order chi connectivity index (χ1) is 9.09. The van der Waals surface area contributed by atoms with Gasteiger partial charge in [-0.15, -0.1) is 0 Å². The molecule has 0 spiro atoms. The minimum Gasteiger partial charge on any atom is -0.293 e. The van der Waals surface area contributed by atoms with Crippen LogP contribution < -0.4 is 0 Å². The van der Waals surface area contributed by atoms with E-state index in [1.807, 2.05) is 0 Å². The van der Waals surface area contributed by atoms with Gasteiger partial charge in [0.15, 0.2) is 0 Å². The summed E-state index contributed by atoms with van der Waals surface area (Å²) in [5, 5.41) is 0. The Kier molecular flexibility index (Phi) is 8.79. The zero-order chi connectivity index (χ0) is 13.8. The predicted octanol–water partition coefficient (Wildman–Crippen LogP) is 4.97. The Bertz CT molecular complexity index is 511. The van der Waals surface area contributed by atoms with Crippen molar-refractivity contribution in [1.82, 2.24) is 4.90 Å². The fourth-order valence-electron chi connectivity index (χ4n) is 2.38. The van der Waals surface area contributed by atoms with Crippen LogP contribution in [0.4, 0.5) is 0 Å². The van der Waals surface area contributed by atoms with Crippen LogP contribution in [0.25, 0.3) is 0 Å². The van der Waals surface area contributed by atoms with Gasteiger partial charge in [-0.05, 0) is 38.9 Å². The molecule has 0 aliphatic rings. The topological polar surface area (TPSA) is 3.24 Å². The lowest BCUT2D eigenvalue weighted by Gasteiger charge is -2.31. The zero-order valence-corrected chi connectivity index (χ0v) is 15.3. The molecule has 0 heterocycles.